The van der Waals surface area contributed by atoms with Crippen LogP contribution in [0.5, 0.6) is 5.88 Å². The van der Waals surface area contributed by atoms with Gasteiger partial charge in [-0.2, -0.15) is 4.98 Å². The first-order valence-electron chi connectivity index (χ1n) is 12.1. The molecule has 0 atom stereocenters. The van der Waals surface area contributed by atoms with E-state index in [0.29, 0.717) is 11.5 Å². The Morgan fingerprint density at radius 1 is 1.00 bits per heavy atom. The highest BCUT2D eigenvalue weighted by Gasteiger charge is 2.51. The molecule has 35 heavy (non-hydrogen) atoms. The highest BCUT2D eigenvalue weighted by atomic mass is 32.2. The fraction of sp³-hybridized carbons (Fsp3) is 0.286. The van der Waals surface area contributed by atoms with Crippen molar-refractivity contribution in [2.24, 2.45) is 0 Å². The summed E-state index contributed by atoms with van der Waals surface area (Å²) in [4.78, 5) is 23.5. The lowest BCUT2D eigenvalue weighted by Crippen LogP contribution is -2.54. The van der Waals surface area contributed by atoms with Crippen LogP contribution in [0.3, 0.4) is 0 Å². The number of aryl methyl sites for hydroxylation is 1. The average Bonchev–Trinajstić information content (AvgIpc) is 3.65. The van der Waals surface area contributed by atoms with Crippen molar-refractivity contribution in [3.05, 3.63) is 100 Å². The van der Waals surface area contributed by atoms with E-state index in [4.69, 9.17) is 4.18 Å². The third-order valence-corrected chi connectivity index (χ3v) is 7.79. The monoisotopic (exact) mass is 484 g/mol. The van der Waals surface area contributed by atoms with Crippen LogP contribution >= 0.6 is 12.0 Å². The minimum atomic E-state index is -0.139. The van der Waals surface area contributed by atoms with E-state index in [0.717, 1.165) is 36.8 Å². The number of benzene rings is 2. The SMILES string of the molecule is Cc1ccc(SOc2cc(=O)n3cc(N4CCN(Cc5ccccc5)C5(CC5)C4)ccc3n2)cc1. The molecule has 1 spiro atoms. The molecule has 4 aromatic rings. The van der Waals surface area contributed by atoms with Gasteiger partial charge in [0.15, 0.2) is 0 Å². The van der Waals surface area contributed by atoms with Gasteiger partial charge in [-0.25, -0.2) is 0 Å². The van der Waals surface area contributed by atoms with E-state index < -0.39 is 0 Å². The van der Waals surface area contributed by atoms with Gasteiger partial charge in [0, 0.05) is 42.8 Å². The van der Waals surface area contributed by atoms with Gasteiger partial charge in [-0.15, -0.1) is 0 Å². The lowest BCUT2D eigenvalue weighted by Gasteiger charge is -2.43. The Hall–Kier alpha value is -3.29. The van der Waals surface area contributed by atoms with Crippen molar-refractivity contribution in [2.45, 2.75) is 36.7 Å². The molecular weight excluding hydrogens is 456 g/mol. The molecule has 0 radical (unpaired) electrons. The number of anilines is 1. The predicted octanol–water partition coefficient (Wildman–Crippen LogP) is 4.94. The van der Waals surface area contributed by atoms with Crippen LogP contribution in [0.2, 0.25) is 0 Å². The molecule has 7 heteroatoms. The standard InChI is InChI=1S/C28H28N4O2S/c1-21-7-10-24(11-8-21)35-34-26-17-27(33)32-19-23(9-12-25(32)29-26)30-15-16-31(28(20-30)13-14-28)18-22-5-3-2-4-6-22/h2-12,17,19H,13-16,18,20H2,1H3. The zero-order chi connectivity index (χ0) is 23.8. The highest BCUT2D eigenvalue weighted by Crippen LogP contribution is 2.45. The van der Waals surface area contributed by atoms with Crippen molar-refractivity contribution in [1.82, 2.24) is 14.3 Å². The summed E-state index contributed by atoms with van der Waals surface area (Å²) in [6, 6.07) is 24.2. The minimum absolute atomic E-state index is 0.139. The number of hydrogen-bond acceptors (Lipinski definition) is 6. The van der Waals surface area contributed by atoms with Gasteiger partial charge in [-0.3, -0.25) is 14.1 Å². The molecule has 0 unspecified atom stereocenters. The molecule has 2 aromatic carbocycles. The molecular formula is C28H28N4O2S. The molecule has 178 valence electrons. The molecule has 0 bridgehead atoms. The van der Waals surface area contributed by atoms with Crippen molar-refractivity contribution in [2.75, 3.05) is 24.5 Å². The topological polar surface area (TPSA) is 50.1 Å². The van der Waals surface area contributed by atoms with E-state index in [1.807, 2.05) is 43.5 Å². The van der Waals surface area contributed by atoms with Crippen LogP contribution in [0, 0.1) is 6.92 Å². The molecule has 2 aromatic heterocycles. The Balaban J connectivity index is 1.17. The normalized spacial score (nSPS) is 17.1. The van der Waals surface area contributed by atoms with Crippen LogP contribution in [0.1, 0.15) is 24.0 Å². The number of piperazine rings is 1. The van der Waals surface area contributed by atoms with E-state index >= 15 is 0 Å². The van der Waals surface area contributed by atoms with Crippen LogP contribution in [0.15, 0.2) is 88.7 Å². The summed E-state index contributed by atoms with van der Waals surface area (Å²) in [7, 11) is 0. The Kier molecular flexibility index (Phi) is 5.74. The lowest BCUT2D eigenvalue weighted by molar-refractivity contribution is 0.149. The van der Waals surface area contributed by atoms with Gasteiger partial charge in [0.25, 0.3) is 5.56 Å². The highest BCUT2D eigenvalue weighted by molar-refractivity contribution is 7.95. The zero-order valence-electron chi connectivity index (χ0n) is 19.8. The molecule has 6 nitrogen and oxygen atoms in total. The molecule has 0 amide bonds. The summed E-state index contributed by atoms with van der Waals surface area (Å²) in [6.07, 6.45) is 4.38. The van der Waals surface area contributed by atoms with Crippen molar-refractivity contribution >= 4 is 23.4 Å². The van der Waals surface area contributed by atoms with Gasteiger partial charge >= 0.3 is 0 Å². The first-order valence-corrected chi connectivity index (χ1v) is 12.8. The van der Waals surface area contributed by atoms with Crippen LogP contribution in [-0.4, -0.2) is 39.5 Å². The molecule has 6 rings (SSSR count). The second-order valence-corrected chi connectivity index (χ2v) is 10.4. The van der Waals surface area contributed by atoms with Crippen LogP contribution < -0.4 is 14.6 Å². The van der Waals surface area contributed by atoms with E-state index in [2.05, 4.69) is 51.2 Å². The molecule has 1 aliphatic heterocycles. The summed E-state index contributed by atoms with van der Waals surface area (Å²) in [5.41, 5.74) is 4.32. The Bertz CT molecular complexity index is 1400. The maximum atomic E-state index is 12.9. The third-order valence-electron chi connectivity index (χ3n) is 7.07. The summed E-state index contributed by atoms with van der Waals surface area (Å²) < 4.78 is 7.36. The lowest BCUT2D eigenvalue weighted by atomic mass is 10.1. The maximum absolute atomic E-state index is 12.9. The molecule has 1 saturated carbocycles. The summed E-state index contributed by atoms with van der Waals surface area (Å²) in [5, 5.41) is 0. The number of pyridine rings is 1. The third kappa shape index (κ3) is 4.66. The van der Waals surface area contributed by atoms with Crippen molar-refractivity contribution in [1.29, 1.82) is 0 Å². The van der Waals surface area contributed by atoms with Crippen molar-refractivity contribution in [3.63, 3.8) is 0 Å². The second kappa shape index (κ2) is 9.06. The van der Waals surface area contributed by atoms with Gasteiger partial charge in [-0.1, -0.05) is 48.0 Å². The number of nitrogens with zero attached hydrogens (tertiary/aromatic N) is 4. The zero-order valence-corrected chi connectivity index (χ0v) is 20.6. The van der Waals surface area contributed by atoms with Gasteiger partial charge in [-0.05, 0) is 49.6 Å². The van der Waals surface area contributed by atoms with Gasteiger partial charge in [0.1, 0.15) is 5.65 Å². The van der Waals surface area contributed by atoms with Crippen molar-refractivity contribution in [3.8, 4) is 5.88 Å². The quantitative estimate of drug-likeness (QED) is 0.361. The fourth-order valence-corrected chi connectivity index (χ4v) is 5.40. The largest absolute Gasteiger partial charge is 0.400 e. The van der Waals surface area contributed by atoms with Crippen LogP contribution in [0.25, 0.3) is 5.65 Å². The molecule has 1 aliphatic carbocycles. The predicted molar refractivity (Wildman–Crippen MR) is 140 cm³/mol. The summed E-state index contributed by atoms with van der Waals surface area (Å²) in [6.45, 7) is 5.99. The molecule has 2 aliphatic rings. The van der Waals surface area contributed by atoms with Gasteiger partial charge in [0.05, 0.1) is 23.8 Å². The molecule has 1 saturated heterocycles. The van der Waals surface area contributed by atoms with Gasteiger partial charge < -0.3 is 9.08 Å². The van der Waals surface area contributed by atoms with Crippen LogP contribution in [-0.2, 0) is 6.54 Å². The Morgan fingerprint density at radius 2 is 1.80 bits per heavy atom. The van der Waals surface area contributed by atoms with Gasteiger partial charge in [0.2, 0.25) is 5.88 Å². The fourth-order valence-electron chi connectivity index (χ4n) is 4.89. The van der Waals surface area contributed by atoms with Crippen molar-refractivity contribution < 1.29 is 4.18 Å². The Labute approximate surface area is 209 Å². The number of aromatic nitrogens is 2. The van der Waals surface area contributed by atoms with E-state index in [-0.39, 0.29) is 11.1 Å². The number of rotatable bonds is 6. The van der Waals surface area contributed by atoms with Crippen LogP contribution in [0.4, 0.5) is 5.69 Å². The maximum Gasteiger partial charge on any atom is 0.261 e. The van der Waals surface area contributed by atoms with E-state index in [1.54, 1.807) is 4.40 Å². The first kappa shape index (κ1) is 22.2. The number of hydrogen-bond donors (Lipinski definition) is 0. The average molecular weight is 485 g/mol. The molecule has 3 heterocycles. The smallest absolute Gasteiger partial charge is 0.261 e. The van der Waals surface area contributed by atoms with E-state index in [9.17, 15) is 4.79 Å². The summed E-state index contributed by atoms with van der Waals surface area (Å²) >= 11 is 1.21. The molecule has 2 fully saturated rings. The Morgan fingerprint density at radius 3 is 2.57 bits per heavy atom. The van der Waals surface area contributed by atoms with E-state index in [1.165, 1.54) is 42.1 Å². The number of fused-ring (bicyclic) bond motifs is 1. The summed E-state index contributed by atoms with van der Waals surface area (Å²) in [5.74, 6) is 0.319. The first-order chi connectivity index (χ1) is 17.1. The molecule has 0 N–H and O–H groups in total. The minimum Gasteiger partial charge on any atom is -0.400 e. The second-order valence-electron chi connectivity index (χ2n) is 9.58.